The first-order valence-corrected chi connectivity index (χ1v) is 9.76. The number of phenols is 1. The van der Waals surface area contributed by atoms with E-state index in [4.69, 9.17) is 13.7 Å². The van der Waals surface area contributed by atoms with Crippen molar-refractivity contribution < 1.29 is 106 Å². The fourth-order valence-electron chi connectivity index (χ4n) is 1.89. The maximum atomic E-state index is 11.3. The molecule has 0 heterocycles. The van der Waals surface area contributed by atoms with Crippen molar-refractivity contribution in [2.75, 3.05) is 0 Å². The molecular formula is C10H10Na2O10S3. The molecule has 0 spiro atoms. The number of hydrogen-bond donors (Lipinski definition) is 4. The fraction of sp³-hybridized carbons (Fsp3) is 0. The van der Waals surface area contributed by atoms with Crippen molar-refractivity contribution in [1.82, 2.24) is 0 Å². The summed E-state index contributed by atoms with van der Waals surface area (Å²) in [7, 11) is -14.8. The van der Waals surface area contributed by atoms with Crippen molar-refractivity contribution in [2.24, 2.45) is 0 Å². The van der Waals surface area contributed by atoms with Crippen LogP contribution in [-0.2, 0) is 30.4 Å². The van der Waals surface area contributed by atoms with Crippen molar-refractivity contribution in [3.05, 3.63) is 24.3 Å². The predicted molar refractivity (Wildman–Crippen MR) is 77.3 cm³/mol. The number of benzene rings is 2. The maximum absolute atomic E-state index is 11.3. The third-order valence-electron chi connectivity index (χ3n) is 2.82. The second-order valence-electron chi connectivity index (χ2n) is 4.39. The molecule has 15 heteroatoms. The van der Waals surface area contributed by atoms with Crippen LogP contribution in [-0.4, -0.2) is 44.0 Å². The van der Waals surface area contributed by atoms with Crippen LogP contribution >= 0.6 is 0 Å². The molecule has 130 valence electrons. The molecule has 0 aliphatic heterocycles. The first-order chi connectivity index (χ1) is 10.2. The van der Waals surface area contributed by atoms with E-state index in [-0.39, 0.29) is 62.0 Å². The van der Waals surface area contributed by atoms with Gasteiger partial charge in [-0.1, -0.05) is 0 Å². The molecule has 0 bridgehead atoms. The van der Waals surface area contributed by atoms with Gasteiger partial charge in [-0.2, -0.15) is 25.3 Å². The van der Waals surface area contributed by atoms with Gasteiger partial charge in [-0.05, 0) is 29.7 Å². The van der Waals surface area contributed by atoms with Gasteiger partial charge in [0.25, 0.3) is 30.4 Å². The minimum atomic E-state index is -4.98. The molecule has 0 saturated heterocycles. The Morgan fingerprint density at radius 3 is 1.56 bits per heavy atom. The Bertz CT molecular complexity index is 1150. The molecule has 0 unspecified atom stereocenters. The van der Waals surface area contributed by atoms with E-state index in [1.165, 1.54) is 0 Å². The Morgan fingerprint density at radius 2 is 1.16 bits per heavy atom. The number of phenolic OH excluding ortho intramolecular Hbond substituents is 1. The molecule has 0 fully saturated rings. The minimum absolute atomic E-state index is 0. The molecule has 0 atom stereocenters. The standard InChI is InChI=1S/C10H8O10S3.2Na.2H/c11-8-4-7-5(2-10(8)23(18,19)20)1-6(21(12,13)14)3-9(7)22(15,16)17;;;;/h1-4,11H,(H,12,13,14)(H,15,16,17)(H,18,19,20);;;;/q;2*+1;2*-1. The van der Waals surface area contributed by atoms with Crippen molar-refractivity contribution in [3.8, 4) is 5.75 Å². The molecule has 0 amide bonds. The zero-order valence-corrected chi connectivity index (χ0v) is 19.2. The number of aromatic hydroxyl groups is 1. The van der Waals surface area contributed by atoms with Crippen LogP contribution in [0.15, 0.2) is 39.0 Å². The molecule has 2 rings (SSSR count). The Morgan fingerprint density at radius 1 is 0.680 bits per heavy atom. The smallest absolute Gasteiger partial charge is 1.00 e. The van der Waals surface area contributed by atoms with Gasteiger partial charge >= 0.3 is 59.1 Å². The normalized spacial score (nSPS) is 12.3. The van der Waals surface area contributed by atoms with Gasteiger partial charge in [0, 0.05) is 5.39 Å². The van der Waals surface area contributed by atoms with E-state index >= 15 is 0 Å². The van der Waals surface area contributed by atoms with Crippen LogP contribution in [0.5, 0.6) is 5.75 Å². The first-order valence-electron chi connectivity index (χ1n) is 5.44. The minimum Gasteiger partial charge on any atom is -1.00 e. The largest absolute Gasteiger partial charge is 1.00 e. The summed E-state index contributed by atoms with van der Waals surface area (Å²) < 4.78 is 94.4. The Balaban J connectivity index is -0.00000144. The quantitative estimate of drug-likeness (QED) is 0.270. The van der Waals surface area contributed by atoms with Gasteiger partial charge in [-0.25, -0.2) is 0 Å². The molecular weight excluding hydrogens is 422 g/mol. The molecule has 25 heavy (non-hydrogen) atoms. The van der Waals surface area contributed by atoms with Crippen LogP contribution in [0.4, 0.5) is 0 Å². The monoisotopic (exact) mass is 432 g/mol. The second-order valence-corrected chi connectivity index (χ2v) is 8.59. The molecule has 2 aromatic rings. The summed E-state index contributed by atoms with van der Waals surface area (Å²) in [6, 6.07) is 2.33. The molecule has 0 radical (unpaired) electrons. The van der Waals surface area contributed by atoms with Crippen LogP contribution in [0.3, 0.4) is 0 Å². The average molecular weight is 432 g/mol. The molecule has 0 aromatic heterocycles. The van der Waals surface area contributed by atoms with E-state index in [2.05, 4.69) is 0 Å². The van der Waals surface area contributed by atoms with Crippen LogP contribution in [0.2, 0.25) is 0 Å². The van der Waals surface area contributed by atoms with Gasteiger partial charge in [-0.3, -0.25) is 13.7 Å². The number of fused-ring (bicyclic) bond motifs is 1. The van der Waals surface area contributed by atoms with Crippen LogP contribution in [0.1, 0.15) is 2.85 Å². The van der Waals surface area contributed by atoms with Gasteiger partial charge in [0.2, 0.25) is 0 Å². The summed E-state index contributed by atoms with van der Waals surface area (Å²) in [5.41, 5.74) is 0. The first kappa shape index (κ1) is 25.2. The van der Waals surface area contributed by atoms with Gasteiger partial charge in [0.1, 0.15) is 15.5 Å². The summed E-state index contributed by atoms with van der Waals surface area (Å²) in [4.78, 5) is -2.94. The molecule has 0 aliphatic carbocycles. The average Bonchev–Trinajstić information content (AvgIpc) is 2.32. The third kappa shape index (κ3) is 5.60. The second kappa shape index (κ2) is 8.08. The summed E-state index contributed by atoms with van der Waals surface area (Å²) in [5.74, 6) is -1.02. The van der Waals surface area contributed by atoms with E-state index in [9.17, 15) is 30.4 Å². The van der Waals surface area contributed by atoms with Crippen molar-refractivity contribution in [3.63, 3.8) is 0 Å². The van der Waals surface area contributed by atoms with Crippen LogP contribution in [0.25, 0.3) is 10.8 Å². The molecule has 0 saturated carbocycles. The van der Waals surface area contributed by atoms with Crippen LogP contribution in [0, 0.1) is 0 Å². The predicted octanol–water partition coefficient (Wildman–Crippen LogP) is -5.48. The Kier molecular flexibility index (Phi) is 8.15. The number of hydrogen-bond acceptors (Lipinski definition) is 7. The van der Waals surface area contributed by atoms with E-state index < -0.39 is 61.6 Å². The molecule has 0 aliphatic rings. The molecule has 4 N–H and O–H groups in total. The van der Waals surface area contributed by atoms with E-state index in [0.717, 1.165) is 0 Å². The summed E-state index contributed by atoms with van der Waals surface area (Å²) in [6.07, 6.45) is 0. The zero-order valence-electron chi connectivity index (χ0n) is 14.8. The fourth-order valence-corrected chi connectivity index (χ4v) is 3.83. The third-order valence-corrected chi connectivity index (χ3v) is 5.43. The van der Waals surface area contributed by atoms with E-state index in [0.29, 0.717) is 24.3 Å². The Hall–Kier alpha value is 0.230. The molecule has 10 nitrogen and oxygen atoms in total. The van der Waals surface area contributed by atoms with Crippen molar-refractivity contribution in [1.29, 1.82) is 0 Å². The number of rotatable bonds is 3. The molecule has 2 aromatic carbocycles. The van der Waals surface area contributed by atoms with Crippen molar-refractivity contribution >= 4 is 41.1 Å². The summed E-state index contributed by atoms with van der Waals surface area (Å²) in [5, 5.41) is 8.76. The zero-order chi connectivity index (χ0) is 17.8. The van der Waals surface area contributed by atoms with E-state index in [1.807, 2.05) is 0 Å². The van der Waals surface area contributed by atoms with Crippen LogP contribution < -0.4 is 59.1 Å². The summed E-state index contributed by atoms with van der Waals surface area (Å²) in [6.45, 7) is 0. The van der Waals surface area contributed by atoms with Gasteiger partial charge < -0.3 is 7.96 Å². The van der Waals surface area contributed by atoms with Gasteiger partial charge in [-0.15, -0.1) is 0 Å². The maximum Gasteiger partial charge on any atom is 1.00 e. The van der Waals surface area contributed by atoms with Crippen molar-refractivity contribution in [2.45, 2.75) is 14.7 Å². The SMILES string of the molecule is O=S(=O)(O)c1cc(S(=O)(=O)O)c2cc(O)c(S(=O)(=O)O)cc2c1.[H-].[H-].[Na+].[Na+]. The van der Waals surface area contributed by atoms with Gasteiger partial charge in [0.05, 0.1) is 4.90 Å². The summed E-state index contributed by atoms with van der Waals surface area (Å²) >= 11 is 0. The van der Waals surface area contributed by atoms with E-state index in [1.54, 1.807) is 0 Å². The Labute approximate surface area is 190 Å². The topological polar surface area (TPSA) is 183 Å². The van der Waals surface area contributed by atoms with Gasteiger partial charge in [0.15, 0.2) is 0 Å².